The fraction of sp³-hybridized carbons (Fsp3) is 0.562. The molecule has 2 fully saturated rings. The van der Waals surface area contributed by atoms with Gasteiger partial charge in [-0.3, -0.25) is 4.79 Å². The van der Waals surface area contributed by atoms with Crippen molar-refractivity contribution in [2.75, 3.05) is 31.1 Å². The summed E-state index contributed by atoms with van der Waals surface area (Å²) >= 11 is 3.52. The third-order valence-electron chi connectivity index (χ3n) is 4.40. The summed E-state index contributed by atoms with van der Waals surface area (Å²) < 4.78 is 1.11. The van der Waals surface area contributed by atoms with Crippen LogP contribution < -0.4 is 15.5 Å². The van der Waals surface area contributed by atoms with Gasteiger partial charge in [0, 0.05) is 29.8 Å². The molecule has 2 N–H and O–H groups in total. The summed E-state index contributed by atoms with van der Waals surface area (Å²) in [7, 11) is 0. The van der Waals surface area contributed by atoms with Crippen molar-refractivity contribution in [2.45, 2.75) is 25.3 Å². The minimum atomic E-state index is 0. The van der Waals surface area contributed by atoms with Crippen molar-refractivity contribution >= 4 is 52.3 Å². The highest BCUT2D eigenvalue weighted by atomic mass is 79.9. The molecule has 2 aliphatic heterocycles. The zero-order valence-corrected chi connectivity index (χ0v) is 16.2. The van der Waals surface area contributed by atoms with E-state index in [0.717, 1.165) is 49.9 Å². The summed E-state index contributed by atoms with van der Waals surface area (Å²) in [6.45, 7) is 3.85. The van der Waals surface area contributed by atoms with Crippen LogP contribution in [0.15, 0.2) is 28.7 Å². The Kier molecular flexibility index (Phi) is 8.69. The van der Waals surface area contributed by atoms with Crippen LogP contribution in [0.1, 0.15) is 19.3 Å². The van der Waals surface area contributed by atoms with E-state index in [1.807, 2.05) is 6.07 Å². The first kappa shape index (κ1) is 20.6. The first-order chi connectivity index (χ1) is 10.2. The van der Waals surface area contributed by atoms with E-state index in [2.05, 4.69) is 49.7 Å². The van der Waals surface area contributed by atoms with E-state index < -0.39 is 0 Å². The molecule has 2 unspecified atom stereocenters. The fourth-order valence-corrected chi connectivity index (χ4v) is 3.57. The second-order valence-electron chi connectivity index (χ2n) is 5.97. The maximum atomic E-state index is 12.0. The van der Waals surface area contributed by atoms with Crippen molar-refractivity contribution in [3.05, 3.63) is 28.7 Å². The van der Waals surface area contributed by atoms with Crippen LogP contribution in [0.4, 0.5) is 5.69 Å². The summed E-state index contributed by atoms with van der Waals surface area (Å²) in [4.78, 5) is 14.4. The number of rotatable bonds is 4. The normalized spacial score (nSPS) is 23.1. The summed E-state index contributed by atoms with van der Waals surface area (Å²) in [6.07, 6.45) is 3.23. The maximum absolute atomic E-state index is 12.0. The second kappa shape index (κ2) is 9.72. The Hall–Kier alpha value is -0.490. The van der Waals surface area contributed by atoms with E-state index >= 15 is 0 Å². The maximum Gasteiger partial charge on any atom is 0.237 e. The van der Waals surface area contributed by atoms with Gasteiger partial charge in [-0.2, -0.15) is 0 Å². The Morgan fingerprint density at radius 3 is 2.87 bits per heavy atom. The zero-order valence-electron chi connectivity index (χ0n) is 13.0. The number of carbonyl (C=O) groups is 1. The van der Waals surface area contributed by atoms with Gasteiger partial charge in [0.05, 0.1) is 6.04 Å². The van der Waals surface area contributed by atoms with Gasteiger partial charge in [-0.25, -0.2) is 0 Å². The number of nitrogens with one attached hydrogen (secondary N) is 2. The van der Waals surface area contributed by atoms with Gasteiger partial charge >= 0.3 is 0 Å². The van der Waals surface area contributed by atoms with E-state index in [1.165, 1.54) is 5.69 Å². The fourth-order valence-electron chi connectivity index (χ4n) is 3.18. The molecule has 23 heavy (non-hydrogen) atoms. The molecule has 2 heterocycles. The van der Waals surface area contributed by atoms with Gasteiger partial charge in [0.15, 0.2) is 0 Å². The van der Waals surface area contributed by atoms with Gasteiger partial charge in [0.2, 0.25) is 5.91 Å². The molecule has 0 bridgehead atoms. The number of nitrogens with zero attached hydrogens (tertiary/aromatic N) is 1. The smallest absolute Gasteiger partial charge is 0.237 e. The van der Waals surface area contributed by atoms with Gasteiger partial charge in [-0.05, 0) is 49.9 Å². The van der Waals surface area contributed by atoms with Crippen LogP contribution in [0.3, 0.4) is 0 Å². The number of hydrogen-bond acceptors (Lipinski definition) is 3. The molecule has 1 aromatic rings. The Labute approximate surface area is 158 Å². The Balaban J connectivity index is 0.00000132. The van der Waals surface area contributed by atoms with Crippen molar-refractivity contribution < 1.29 is 4.79 Å². The molecule has 2 aliphatic rings. The van der Waals surface area contributed by atoms with Crippen LogP contribution in [0.2, 0.25) is 0 Å². The van der Waals surface area contributed by atoms with Crippen molar-refractivity contribution in [2.24, 2.45) is 5.92 Å². The van der Waals surface area contributed by atoms with Crippen molar-refractivity contribution in [3.8, 4) is 0 Å². The Morgan fingerprint density at radius 1 is 1.35 bits per heavy atom. The second-order valence-corrected chi connectivity index (χ2v) is 6.89. The third-order valence-corrected chi connectivity index (χ3v) is 4.89. The van der Waals surface area contributed by atoms with Crippen LogP contribution in [-0.4, -0.2) is 38.1 Å². The van der Waals surface area contributed by atoms with Gasteiger partial charge in [0.1, 0.15) is 0 Å². The zero-order chi connectivity index (χ0) is 14.7. The number of halogens is 3. The topological polar surface area (TPSA) is 44.4 Å². The molecule has 2 atom stereocenters. The lowest BCUT2D eigenvalue weighted by atomic mass is 10.1. The summed E-state index contributed by atoms with van der Waals surface area (Å²) in [5.74, 6) is 0.725. The highest BCUT2D eigenvalue weighted by Gasteiger charge is 2.26. The molecule has 7 heteroatoms. The molecule has 0 aliphatic carbocycles. The van der Waals surface area contributed by atoms with E-state index in [9.17, 15) is 4.79 Å². The Bertz CT molecular complexity index is 512. The lowest BCUT2D eigenvalue weighted by Crippen LogP contribution is -2.42. The molecule has 4 nitrogen and oxygen atoms in total. The van der Waals surface area contributed by atoms with Gasteiger partial charge in [-0.1, -0.05) is 22.0 Å². The number of amides is 1. The largest absolute Gasteiger partial charge is 0.371 e. The third kappa shape index (κ3) is 5.52. The number of benzene rings is 1. The van der Waals surface area contributed by atoms with Gasteiger partial charge in [0.25, 0.3) is 0 Å². The van der Waals surface area contributed by atoms with Crippen molar-refractivity contribution in [1.82, 2.24) is 10.6 Å². The summed E-state index contributed by atoms with van der Waals surface area (Å²) in [5.41, 5.74) is 1.26. The van der Waals surface area contributed by atoms with Crippen LogP contribution in [-0.2, 0) is 4.79 Å². The lowest BCUT2D eigenvalue weighted by molar-refractivity contribution is -0.122. The first-order valence-corrected chi connectivity index (χ1v) is 8.53. The number of hydrogen-bond donors (Lipinski definition) is 2. The molecular formula is C16H24BrCl2N3O. The predicted octanol–water partition coefficient (Wildman–Crippen LogP) is 2.99. The van der Waals surface area contributed by atoms with Crippen molar-refractivity contribution in [3.63, 3.8) is 0 Å². The molecule has 3 rings (SSSR count). The quantitative estimate of drug-likeness (QED) is 0.780. The van der Waals surface area contributed by atoms with Crippen LogP contribution in [0.25, 0.3) is 0 Å². The van der Waals surface area contributed by atoms with Crippen LogP contribution >= 0.6 is 40.7 Å². The average molecular weight is 425 g/mol. The SMILES string of the molecule is Cl.Cl.O=C(NCC1CCN(c2cccc(Br)c2)C1)C1CCCN1. The standard InChI is InChI=1S/C16H22BrN3O.2ClH/c17-13-3-1-4-14(9-13)20-8-6-12(11-20)10-19-16(21)15-5-2-7-18-15;;/h1,3-4,9,12,15,18H,2,5-8,10-11H2,(H,19,21);2*1H. The minimum absolute atomic E-state index is 0. The molecule has 0 spiro atoms. The van der Waals surface area contributed by atoms with E-state index in [4.69, 9.17) is 0 Å². The van der Waals surface area contributed by atoms with Gasteiger partial charge < -0.3 is 15.5 Å². The Morgan fingerprint density at radius 2 is 2.17 bits per heavy atom. The molecule has 2 saturated heterocycles. The monoisotopic (exact) mass is 423 g/mol. The highest BCUT2D eigenvalue weighted by molar-refractivity contribution is 9.10. The van der Waals surface area contributed by atoms with E-state index in [1.54, 1.807) is 0 Å². The highest BCUT2D eigenvalue weighted by Crippen LogP contribution is 2.25. The molecular weight excluding hydrogens is 401 g/mol. The molecule has 0 aromatic heterocycles. The lowest BCUT2D eigenvalue weighted by Gasteiger charge is -2.19. The van der Waals surface area contributed by atoms with E-state index in [-0.39, 0.29) is 36.8 Å². The average Bonchev–Trinajstić information content (AvgIpc) is 3.16. The molecule has 1 amide bonds. The molecule has 0 radical (unpaired) electrons. The first-order valence-electron chi connectivity index (χ1n) is 7.74. The van der Waals surface area contributed by atoms with Crippen LogP contribution in [0.5, 0.6) is 0 Å². The van der Waals surface area contributed by atoms with E-state index in [0.29, 0.717) is 5.92 Å². The summed E-state index contributed by atoms with van der Waals surface area (Å²) in [6, 6.07) is 8.46. The van der Waals surface area contributed by atoms with Crippen molar-refractivity contribution in [1.29, 1.82) is 0 Å². The molecule has 130 valence electrons. The predicted molar refractivity (Wildman–Crippen MR) is 103 cm³/mol. The number of carbonyl (C=O) groups excluding carboxylic acids is 1. The van der Waals surface area contributed by atoms with Crippen LogP contribution in [0, 0.1) is 5.92 Å². The molecule has 1 aromatic carbocycles. The minimum Gasteiger partial charge on any atom is -0.371 e. The molecule has 0 saturated carbocycles. The number of anilines is 1. The summed E-state index contributed by atoms with van der Waals surface area (Å²) in [5, 5.41) is 6.36. The van der Waals surface area contributed by atoms with Gasteiger partial charge in [-0.15, -0.1) is 24.8 Å².